The van der Waals surface area contributed by atoms with E-state index in [-0.39, 0.29) is 38.7 Å². The van der Waals surface area contributed by atoms with E-state index < -0.39 is 30.3 Å². The molecular weight excluding hydrogens is 526 g/mol. The van der Waals surface area contributed by atoms with E-state index in [1.807, 2.05) is 0 Å². The van der Waals surface area contributed by atoms with Gasteiger partial charge >= 0.3 is 12.2 Å². The molecule has 0 aliphatic carbocycles. The van der Waals surface area contributed by atoms with Crippen LogP contribution in [0.2, 0.25) is 10.2 Å². The summed E-state index contributed by atoms with van der Waals surface area (Å²) in [6.07, 6.45) is -1.79. The third-order valence-corrected chi connectivity index (χ3v) is 6.26. The van der Waals surface area contributed by atoms with Crippen molar-refractivity contribution in [1.29, 1.82) is 0 Å². The number of nitrogens with zero attached hydrogens (tertiary/aromatic N) is 8. The average molecular weight is 542 g/mol. The zero-order valence-electron chi connectivity index (χ0n) is 18.5. The summed E-state index contributed by atoms with van der Waals surface area (Å²) >= 11 is 12.2. The number of amides is 2. The van der Waals surface area contributed by atoms with Gasteiger partial charge in [0.1, 0.15) is 11.1 Å². The SMILES string of the molecule is C[C@H](O)c1cnn(-c2ncc(NC(=O)N3C[C@@](C)(C(F)(F)F)c4c3cnc3cc(Cl)nn43)cc2Cl)n1. The fourth-order valence-electron chi connectivity index (χ4n) is 3.90. The highest BCUT2D eigenvalue weighted by atomic mass is 35.5. The Morgan fingerprint density at radius 3 is 2.58 bits per heavy atom. The Labute approximate surface area is 210 Å². The largest absolute Gasteiger partial charge is 0.401 e. The lowest BCUT2D eigenvalue weighted by Gasteiger charge is -2.28. The third kappa shape index (κ3) is 3.81. The number of nitrogens with one attached hydrogen (secondary N) is 1. The molecule has 2 atom stereocenters. The number of carbonyl (C=O) groups excluding carboxylic acids is 1. The summed E-state index contributed by atoms with van der Waals surface area (Å²) < 4.78 is 43.7. The molecule has 0 spiro atoms. The number of fused-ring (bicyclic) bond motifs is 3. The number of aliphatic hydroxyl groups is 1. The van der Waals surface area contributed by atoms with Gasteiger partial charge < -0.3 is 10.4 Å². The number of hydrogen-bond donors (Lipinski definition) is 2. The summed E-state index contributed by atoms with van der Waals surface area (Å²) in [4.78, 5) is 23.4. The highest BCUT2D eigenvalue weighted by molar-refractivity contribution is 6.32. The zero-order valence-corrected chi connectivity index (χ0v) is 20.0. The second kappa shape index (κ2) is 8.28. The summed E-state index contributed by atoms with van der Waals surface area (Å²) in [5, 5.41) is 24.1. The molecule has 36 heavy (non-hydrogen) atoms. The highest BCUT2D eigenvalue weighted by Gasteiger charge is 2.60. The molecule has 0 fully saturated rings. The maximum atomic E-state index is 14.2. The van der Waals surface area contributed by atoms with Crippen molar-refractivity contribution in [1.82, 2.24) is 34.6 Å². The number of halogens is 5. The van der Waals surface area contributed by atoms with Crippen LogP contribution in [0.3, 0.4) is 0 Å². The summed E-state index contributed by atoms with van der Waals surface area (Å²) in [5.41, 5.74) is -2.23. The van der Waals surface area contributed by atoms with Crippen LogP contribution in [-0.2, 0) is 5.41 Å². The predicted octanol–water partition coefficient (Wildman–Crippen LogP) is 3.94. The van der Waals surface area contributed by atoms with Crippen molar-refractivity contribution >= 4 is 46.3 Å². The van der Waals surface area contributed by atoms with Crippen LogP contribution in [0, 0.1) is 0 Å². The standard InChI is InChI=1S/C20H16Cl2F3N9O2/c1-9(35)12-6-28-34(30-12)17-11(21)3-10(5-27-17)29-18(36)32-8-19(2,20(23,24)25)16-13(32)7-26-15-4-14(22)31-33(15)16/h3-7,9,35H,8H2,1-2H3,(H,29,36)/t9-,19+/m0/s1. The first-order chi connectivity index (χ1) is 16.9. The van der Waals surface area contributed by atoms with E-state index in [2.05, 4.69) is 30.6 Å². The molecule has 1 aliphatic heterocycles. The Bertz CT molecular complexity index is 1500. The Kier molecular flexibility index (Phi) is 5.57. The van der Waals surface area contributed by atoms with E-state index in [1.54, 1.807) is 0 Å². The van der Waals surface area contributed by atoms with Gasteiger partial charge in [-0.05, 0) is 19.9 Å². The number of aliphatic hydroxyl groups excluding tert-OH is 1. The number of urea groups is 1. The van der Waals surface area contributed by atoms with Crippen molar-refractivity contribution in [2.75, 3.05) is 16.8 Å². The van der Waals surface area contributed by atoms with Crippen molar-refractivity contribution in [2.45, 2.75) is 31.5 Å². The molecule has 0 radical (unpaired) electrons. The molecule has 5 rings (SSSR count). The Morgan fingerprint density at radius 1 is 1.19 bits per heavy atom. The van der Waals surface area contributed by atoms with Crippen LogP contribution in [0.15, 0.2) is 30.7 Å². The molecule has 188 valence electrons. The average Bonchev–Trinajstić information content (AvgIpc) is 3.49. The lowest BCUT2D eigenvalue weighted by atomic mass is 9.88. The molecule has 1 aliphatic rings. The number of carbonyl (C=O) groups is 1. The van der Waals surface area contributed by atoms with E-state index in [4.69, 9.17) is 23.2 Å². The molecule has 4 aromatic rings. The number of pyridine rings is 1. The minimum Gasteiger partial charge on any atom is -0.387 e. The van der Waals surface area contributed by atoms with Gasteiger partial charge in [-0.2, -0.15) is 23.4 Å². The minimum absolute atomic E-state index is 0.0311. The van der Waals surface area contributed by atoms with Crippen LogP contribution in [0.25, 0.3) is 11.5 Å². The second-order valence-corrected chi connectivity index (χ2v) is 9.13. The van der Waals surface area contributed by atoms with E-state index in [1.165, 1.54) is 37.6 Å². The van der Waals surface area contributed by atoms with Crippen LogP contribution in [0.5, 0.6) is 0 Å². The third-order valence-electron chi connectivity index (χ3n) is 5.79. The molecule has 16 heteroatoms. The van der Waals surface area contributed by atoms with Crippen LogP contribution >= 0.6 is 23.2 Å². The van der Waals surface area contributed by atoms with Crippen LogP contribution in [0.1, 0.15) is 31.3 Å². The van der Waals surface area contributed by atoms with Gasteiger partial charge in [-0.15, -0.1) is 9.90 Å². The van der Waals surface area contributed by atoms with Crippen molar-refractivity contribution in [3.05, 3.63) is 52.3 Å². The van der Waals surface area contributed by atoms with E-state index in [0.717, 1.165) is 21.1 Å². The second-order valence-electron chi connectivity index (χ2n) is 8.34. The smallest absolute Gasteiger partial charge is 0.387 e. The number of alkyl halides is 3. The van der Waals surface area contributed by atoms with Crippen molar-refractivity contribution in [2.24, 2.45) is 0 Å². The predicted molar refractivity (Wildman–Crippen MR) is 123 cm³/mol. The van der Waals surface area contributed by atoms with Crippen molar-refractivity contribution in [3.8, 4) is 5.82 Å². The lowest BCUT2D eigenvalue weighted by Crippen LogP contribution is -2.46. The quantitative estimate of drug-likeness (QED) is 0.402. The molecule has 0 saturated carbocycles. The van der Waals surface area contributed by atoms with Crippen LogP contribution < -0.4 is 10.2 Å². The minimum atomic E-state index is -4.71. The van der Waals surface area contributed by atoms with E-state index in [9.17, 15) is 23.1 Å². The van der Waals surface area contributed by atoms with Gasteiger partial charge in [-0.3, -0.25) is 4.90 Å². The van der Waals surface area contributed by atoms with Gasteiger partial charge in [-0.25, -0.2) is 19.3 Å². The topological polar surface area (TPSA) is 126 Å². The van der Waals surface area contributed by atoms with Gasteiger partial charge in [-0.1, -0.05) is 23.2 Å². The molecule has 0 aromatic carbocycles. The van der Waals surface area contributed by atoms with Gasteiger partial charge in [0.2, 0.25) is 0 Å². The normalized spacial score (nSPS) is 18.5. The first-order valence-corrected chi connectivity index (χ1v) is 11.1. The molecule has 0 saturated heterocycles. The fourth-order valence-corrected chi connectivity index (χ4v) is 4.31. The number of rotatable bonds is 3. The molecule has 2 amide bonds. The Hall–Kier alpha value is -3.49. The molecule has 11 nitrogen and oxygen atoms in total. The van der Waals surface area contributed by atoms with Gasteiger partial charge in [0.05, 0.1) is 46.8 Å². The number of aromatic nitrogens is 7. The monoisotopic (exact) mass is 541 g/mol. The van der Waals surface area contributed by atoms with Crippen molar-refractivity contribution in [3.63, 3.8) is 0 Å². The lowest BCUT2D eigenvalue weighted by molar-refractivity contribution is -0.181. The molecule has 2 N–H and O–H groups in total. The highest BCUT2D eigenvalue weighted by Crippen LogP contribution is 2.50. The number of anilines is 2. The molecule has 0 unspecified atom stereocenters. The number of hydrogen-bond acceptors (Lipinski definition) is 7. The van der Waals surface area contributed by atoms with Gasteiger partial charge in [0.15, 0.2) is 16.6 Å². The van der Waals surface area contributed by atoms with Crippen LogP contribution in [-0.4, -0.2) is 58.4 Å². The molecular formula is C20H16Cl2F3N9O2. The summed E-state index contributed by atoms with van der Waals surface area (Å²) in [6.45, 7) is 1.79. The first-order valence-electron chi connectivity index (χ1n) is 10.4. The maximum absolute atomic E-state index is 14.2. The summed E-state index contributed by atoms with van der Waals surface area (Å²) in [5.74, 6) is 0.125. The van der Waals surface area contributed by atoms with E-state index in [0.29, 0.717) is 5.69 Å². The Balaban J connectivity index is 1.47. The summed E-state index contributed by atoms with van der Waals surface area (Å²) in [7, 11) is 0. The Morgan fingerprint density at radius 2 is 1.94 bits per heavy atom. The van der Waals surface area contributed by atoms with Gasteiger partial charge in [0, 0.05) is 12.6 Å². The molecule has 0 bridgehead atoms. The van der Waals surface area contributed by atoms with Crippen LogP contribution in [0.4, 0.5) is 29.3 Å². The fraction of sp³-hybridized carbons (Fsp3) is 0.300. The summed E-state index contributed by atoms with van der Waals surface area (Å²) in [6, 6.07) is 1.82. The molecule has 4 aromatic heterocycles. The van der Waals surface area contributed by atoms with Crippen molar-refractivity contribution < 1.29 is 23.1 Å². The first kappa shape index (κ1) is 24.2. The zero-order chi connectivity index (χ0) is 26.0. The molecule has 5 heterocycles. The van der Waals surface area contributed by atoms with Gasteiger partial charge in [0.25, 0.3) is 0 Å². The maximum Gasteiger partial charge on any atom is 0.401 e. The van der Waals surface area contributed by atoms with E-state index >= 15 is 0 Å².